The van der Waals surface area contributed by atoms with Gasteiger partial charge in [-0.1, -0.05) is 62.7 Å². The van der Waals surface area contributed by atoms with Crippen LogP contribution in [0.25, 0.3) is 0 Å². The maximum absolute atomic E-state index is 5.97. The van der Waals surface area contributed by atoms with Crippen molar-refractivity contribution < 1.29 is 4.74 Å². The van der Waals surface area contributed by atoms with Crippen LogP contribution >= 0.6 is 11.6 Å². The molecule has 0 aliphatic rings. The SMILES string of the molecule is CC(C)(C)c1ccccc1OCc1cccc(Cl)c1. The molecule has 0 amide bonds. The normalized spacial score (nSPS) is 11.4. The molecule has 0 bridgehead atoms. The fraction of sp³-hybridized carbons (Fsp3) is 0.294. The largest absolute Gasteiger partial charge is 0.489 e. The molecule has 2 heteroatoms. The molecule has 0 N–H and O–H groups in total. The molecule has 0 aromatic heterocycles. The number of benzene rings is 2. The van der Waals surface area contributed by atoms with Gasteiger partial charge in [-0.05, 0) is 34.7 Å². The summed E-state index contributed by atoms with van der Waals surface area (Å²) < 4.78 is 5.95. The minimum absolute atomic E-state index is 0.0743. The van der Waals surface area contributed by atoms with Crippen molar-refractivity contribution in [3.63, 3.8) is 0 Å². The van der Waals surface area contributed by atoms with Crippen LogP contribution in [0.15, 0.2) is 48.5 Å². The summed E-state index contributed by atoms with van der Waals surface area (Å²) in [6.07, 6.45) is 0. The maximum atomic E-state index is 5.97. The first kappa shape index (κ1) is 14.0. The Morgan fingerprint density at radius 2 is 1.74 bits per heavy atom. The number of ether oxygens (including phenoxy) is 1. The van der Waals surface area contributed by atoms with E-state index in [1.165, 1.54) is 5.56 Å². The molecular weight excluding hydrogens is 256 g/mol. The first-order chi connectivity index (χ1) is 8.97. The molecule has 0 aliphatic carbocycles. The molecule has 1 nitrogen and oxygen atoms in total. The molecule has 0 heterocycles. The summed E-state index contributed by atoms with van der Waals surface area (Å²) in [5, 5.41) is 0.741. The number of hydrogen-bond acceptors (Lipinski definition) is 1. The molecule has 2 aromatic rings. The van der Waals surface area contributed by atoms with Crippen LogP contribution in [0, 0.1) is 0 Å². The van der Waals surface area contributed by atoms with Crippen LogP contribution in [0.5, 0.6) is 5.75 Å². The Bertz CT molecular complexity index is 555. The van der Waals surface area contributed by atoms with Crippen LogP contribution in [0.3, 0.4) is 0 Å². The van der Waals surface area contributed by atoms with Crippen molar-refractivity contribution >= 4 is 11.6 Å². The predicted molar refractivity (Wildman–Crippen MR) is 80.9 cm³/mol. The summed E-state index contributed by atoms with van der Waals surface area (Å²) in [4.78, 5) is 0. The Morgan fingerprint density at radius 1 is 1.00 bits per heavy atom. The van der Waals surface area contributed by atoms with Crippen LogP contribution < -0.4 is 4.74 Å². The minimum atomic E-state index is 0.0743. The molecule has 0 aliphatic heterocycles. The van der Waals surface area contributed by atoms with Crippen molar-refractivity contribution in [2.45, 2.75) is 32.8 Å². The summed E-state index contributed by atoms with van der Waals surface area (Å²) in [6.45, 7) is 7.10. The monoisotopic (exact) mass is 274 g/mol. The molecule has 0 saturated heterocycles. The molecule has 100 valence electrons. The average Bonchev–Trinajstić information content (AvgIpc) is 2.36. The van der Waals surface area contributed by atoms with Gasteiger partial charge in [-0.25, -0.2) is 0 Å². The summed E-state index contributed by atoms with van der Waals surface area (Å²) in [5.41, 5.74) is 2.37. The number of hydrogen-bond donors (Lipinski definition) is 0. The lowest BCUT2D eigenvalue weighted by Crippen LogP contribution is -2.13. The molecule has 2 rings (SSSR count). The van der Waals surface area contributed by atoms with Crippen molar-refractivity contribution in [2.24, 2.45) is 0 Å². The molecule has 19 heavy (non-hydrogen) atoms. The zero-order valence-corrected chi connectivity index (χ0v) is 12.4. The topological polar surface area (TPSA) is 9.23 Å². The van der Waals surface area contributed by atoms with Crippen LogP contribution in [0.2, 0.25) is 5.02 Å². The third-order valence-electron chi connectivity index (χ3n) is 2.98. The van der Waals surface area contributed by atoms with Gasteiger partial charge in [0.25, 0.3) is 0 Å². The Balaban J connectivity index is 2.16. The second-order valence-corrected chi connectivity index (χ2v) is 6.10. The van der Waals surface area contributed by atoms with E-state index in [-0.39, 0.29) is 5.41 Å². The van der Waals surface area contributed by atoms with Gasteiger partial charge in [0.15, 0.2) is 0 Å². The molecule has 0 fully saturated rings. The Kier molecular flexibility index (Phi) is 4.16. The van der Waals surface area contributed by atoms with Gasteiger partial charge in [-0.2, -0.15) is 0 Å². The molecule has 2 aromatic carbocycles. The van der Waals surface area contributed by atoms with Crippen molar-refractivity contribution in [1.29, 1.82) is 0 Å². The van der Waals surface area contributed by atoms with Gasteiger partial charge < -0.3 is 4.74 Å². The molecule has 0 unspecified atom stereocenters. The number of halogens is 1. The van der Waals surface area contributed by atoms with E-state index in [4.69, 9.17) is 16.3 Å². The first-order valence-corrected chi connectivity index (χ1v) is 6.81. The van der Waals surface area contributed by atoms with Crippen LogP contribution in [-0.4, -0.2) is 0 Å². The molecule has 0 atom stereocenters. The van der Waals surface area contributed by atoms with E-state index < -0.39 is 0 Å². The van der Waals surface area contributed by atoms with Gasteiger partial charge in [0.2, 0.25) is 0 Å². The lowest BCUT2D eigenvalue weighted by atomic mass is 9.86. The maximum Gasteiger partial charge on any atom is 0.123 e. The Morgan fingerprint density at radius 3 is 2.42 bits per heavy atom. The third-order valence-corrected chi connectivity index (χ3v) is 3.21. The van der Waals surface area contributed by atoms with Gasteiger partial charge in [-0.15, -0.1) is 0 Å². The highest BCUT2D eigenvalue weighted by molar-refractivity contribution is 6.30. The quantitative estimate of drug-likeness (QED) is 0.746. The summed E-state index contributed by atoms with van der Waals surface area (Å²) in [6, 6.07) is 15.9. The van der Waals surface area contributed by atoms with E-state index in [0.717, 1.165) is 16.3 Å². The molecule has 0 spiro atoms. The fourth-order valence-electron chi connectivity index (χ4n) is 2.00. The smallest absolute Gasteiger partial charge is 0.123 e. The van der Waals surface area contributed by atoms with E-state index in [2.05, 4.69) is 26.8 Å². The number of para-hydroxylation sites is 1. The second kappa shape index (κ2) is 5.66. The van der Waals surface area contributed by atoms with E-state index in [9.17, 15) is 0 Å². The number of rotatable bonds is 3. The van der Waals surface area contributed by atoms with Crippen molar-refractivity contribution in [3.05, 3.63) is 64.7 Å². The minimum Gasteiger partial charge on any atom is -0.489 e. The van der Waals surface area contributed by atoms with Crippen LogP contribution in [0.1, 0.15) is 31.9 Å². The summed E-state index contributed by atoms with van der Waals surface area (Å²) >= 11 is 5.97. The summed E-state index contributed by atoms with van der Waals surface area (Å²) in [7, 11) is 0. The standard InChI is InChI=1S/C17H19ClO/c1-17(2,3)15-9-4-5-10-16(15)19-12-13-7-6-8-14(18)11-13/h4-11H,12H2,1-3H3. The lowest BCUT2D eigenvalue weighted by Gasteiger charge is -2.22. The molecule has 0 radical (unpaired) electrons. The van der Waals surface area contributed by atoms with Gasteiger partial charge in [0.05, 0.1) is 0 Å². The third kappa shape index (κ3) is 3.74. The highest BCUT2D eigenvalue weighted by Crippen LogP contribution is 2.31. The van der Waals surface area contributed by atoms with E-state index in [1.807, 2.05) is 42.5 Å². The molecule has 0 saturated carbocycles. The first-order valence-electron chi connectivity index (χ1n) is 6.43. The van der Waals surface area contributed by atoms with Gasteiger partial charge in [0.1, 0.15) is 12.4 Å². The Hall–Kier alpha value is -1.47. The average molecular weight is 275 g/mol. The van der Waals surface area contributed by atoms with Crippen molar-refractivity contribution in [1.82, 2.24) is 0 Å². The van der Waals surface area contributed by atoms with E-state index in [0.29, 0.717) is 6.61 Å². The van der Waals surface area contributed by atoms with Gasteiger partial charge in [0, 0.05) is 5.02 Å². The van der Waals surface area contributed by atoms with Gasteiger partial charge >= 0.3 is 0 Å². The second-order valence-electron chi connectivity index (χ2n) is 5.66. The van der Waals surface area contributed by atoms with Gasteiger partial charge in [-0.3, -0.25) is 0 Å². The lowest BCUT2D eigenvalue weighted by molar-refractivity contribution is 0.297. The van der Waals surface area contributed by atoms with E-state index in [1.54, 1.807) is 0 Å². The van der Waals surface area contributed by atoms with Crippen LogP contribution in [0.4, 0.5) is 0 Å². The zero-order valence-electron chi connectivity index (χ0n) is 11.6. The van der Waals surface area contributed by atoms with Crippen molar-refractivity contribution in [3.8, 4) is 5.75 Å². The van der Waals surface area contributed by atoms with Crippen molar-refractivity contribution in [2.75, 3.05) is 0 Å². The summed E-state index contributed by atoms with van der Waals surface area (Å²) in [5.74, 6) is 0.940. The fourth-order valence-corrected chi connectivity index (χ4v) is 2.21. The Labute approximate surface area is 120 Å². The van der Waals surface area contributed by atoms with Crippen LogP contribution in [-0.2, 0) is 12.0 Å². The zero-order chi connectivity index (χ0) is 13.9. The highest BCUT2D eigenvalue weighted by Gasteiger charge is 2.18. The highest BCUT2D eigenvalue weighted by atomic mass is 35.5. The molecular formula is C17H19ClO. The van der Waals surface area contributed by atoms with E-state index >= 15 is 0 Å². The predicted octanol–water partition coefficient (Wildman–Crippen LogP) is 5.22.